The molecule has 3 N–H and O–H groups in total. The SMILES string of the molecule is Cl.NCC(F)(F)CNS(=O)(=O)c1ccc2c(c1)CCCO2. The predicted octanol–water partition coefficient (Wildman–Crippen LogP) is 1.31. The van der Waals surface area contributed by atoms with Crippen LogP contribution >= 0.6 is 12.4 Å². The number of fused-ring (bicyclic) bond motifs is 1. The van der Waals surface area contributed by atoms with Crippen molar-refractivity contribution in [2.24, 2.45) is 5.73 Å². The van der Waals surface area contributed by atoms with E-state index in [1.165, 1.54) is 12.1 Å². The summed E-state index contributed by atoms with van der Waals surface area (Å²) in [5, 5.41) is 0. The molecular formula is C12H17ClF2N2O3S. The standard InChI is InChI=1S/C12H16F2N2O3S.ClH/c13-12(14,7-15)8-16-20(17,18)10-3-4-11-9(6-10)2-1-5-19-11;/h3-4,6,16H,1-2,5,7-8,15H2;1H. The average molecular weight is 343 g/mol. The molecule has 9 heteroatoms. The minimum atomic E-state index is -3.98. The maximum absolute atomic E-state index is 13.0. The van der Waals surface area contributed by atoms with Crippen LogP contribution in [0.4, 0.5) is 8.78 Å². The summed E-state index contributed by atoms with van der Waals surface area (Å²) in [5.41, 5.74) is 5.63. The molecule has 21 heavy (non-hydrogen) atoms. The van der Waals surface area contributed by atoms with Gasteiger partial charge in [0.1, 0.15) is 5.75 Å². The highest BCUT2D eigenvalue weighted by atomic mass is 35.5. The molecule has 1 aliphatic rings. The molecule has 0 amide bonds. The maximum Gasteiger partial charge on any atom is 0.273 e. The first-order chi connectivity index (χ1) is 9.34. The Bertz CT molecular complexity index is 596. The molecule has 5 nitrogen and oxygen atoms in total. The number of aryl methyl sites for hydroxylation is 1. The van der Waals surface area contributed by atoms with Crippen molar-refractivity contribution < 1.29 is 21.9 Å². The van der Waals surface area contributed by atoms with Gasteiger partial charge >= 0.3 is 0 Å². The molecule has 0 aliphatic carbocycles. The lowest BCUT2D eigenvalue weighted by Gasteiger charge is -2.19. The van der Waals surface area contributed by atoms with E-state index < -0.39 is 29.0 Å². The zero-order chi connectivity index (χ0) is 14.8. The number of rotatable bonds is 5. The number of hydrogen-bond acceptors (Lipinski definition) is 4. The number of ether oxygens (including phenoxy) is 1. The van der Waals surface area contributed by atoms with Crippen molar-refractivity contribution in [2.45, 2.75) is 23.7 Å². The molecule has 1 aromatic rings. The van der Waals surface area contributed by atoms with Crippen LogP contribution in [-0.2, 0) is 16.4 Å². The van der Waals surface area contributed by atoms with Gasteiger partial charge in [0.2, 0.25) is 10.0 Å². The van der Waals surface area contributed by atoms with Crippen molar-refractivity contribution >= 4 is 22.4 Å². The van der Waals surface area contributed by atoms with Gasteiger partial charge in [-0.15, -0.1) is 12.4 Å². The van der Waals surface area contributed by atoms with Crippen molar-refractivity contribution in [3.63, 3.8) is 0 Å². The van der Waals surface area contributed by atoms with Crippen molar-refractivity contribution in [3.05, 3.63) is 23.8 Å². The van der Waals surface area contributed by atoms with Crippen LogP contribution in [0.3, 0.4) is 0 Å². The zero-order valence-corrected chi connectivity index (χ0v) is 12.8. The van der Waals surface area contributed by atoms with Crippen LogP contribution in [0.15, 0.2) is 23.1 Å². The van der Waals surface area contributed by atoms with Gasteiger partial charge in [0.15, 0.2) is 0 Å². The van der Waals surface area contributed by atoms with Crippen LogP contribution in [0, 0.1) is 0 Å². The third kappa shape index (κ3) is 4.50. The summed E-state index contributed by atoms with van der Waals surface area (Å²) in [6, 6.07) is 4.34. The summed E-state index contributed by atoms with van der Waals surface area (Å²) < 4.78 is 57.2. The Morgan fingerprint density at radius 2 is 2.10 bits per heavy atom. The van der Waals surface area contributed by atoms with Gasteiger partial charge in [0.05, 0.1) is 24.6 Å². The Hall–Kier alpha value is -0.960. The van der Waals surface area contributed by atoms with Crippen molar-refractivity contribution in [1.29, 1.82) is 0 Å². The smallest absolute Gasteiger partial charge is 0.273 e. The number of nitrogens with one attached hydrogen (secondary N) is 1. The van der Waals surface area contributed by atoms with E-state index in [-0.39, 0.29) is 17.3 Å². The lowest BCUT2D eigenvalue weighted by molar-refractivity contribution is 0.0170. The molecule has 0 aromatic heterocycles. The molecule has 0 atom stereocenters. The van der Waals surface area contributed by atoms with Crippen LogP contribution in [0.25, 0.3) is 0 Å². The molecular weight excluding hydrogens is 326 g/mol. The molecule has 1 heterocycles. The van der Waals surface area contributed by atoms with Crippen LogP contribution in [0.2, 0.25) is 0 Å². The fraction of sp³-hybridized carbons (Fsp3) is 0.500. The van der Waals surface area contributed by atoms with E-state index in [1.807, 2.05) is 4.72 Å². The summed E-state index contributed by atoms with van der Waals surface area (Å²) in [5.74, 6) is -2.62. The summed E-state index contributed by atoms with van der Waals surface area (Å²) >= 11 is 0. The van der Waals surface area contributed by atoms with Crippen LogP contribution in [0.5, 0.6) is 5.75 Å². The molecule has 2 rings (SSSR count). The predicted molar refractivity (Wildman–Crippen MR) is 76.7 cm³/mol. The molecule has 0 radical (unpaired) electrons. The Morgan fingerprint density at radius 1 is 1.38 bits per heavy atom. The Labute approximate surface area is 128 Å². The molecule has 0 spiro atoms. The minimum absolute atomic E-state index is 0. The van der Waals surface area contributed by atoms with Crippen LogP contribution in [-0.4, -0.2) is 34.0 Å². The molecule has 120 valence electrons. The third-order valence-corrected chi connectivity index (χ3v) is 4.41. The lowest BCUT2D eigenvalue weighted by Crippen LogP contribution is -2.41. The van der Waals surface area contributed by atoms with Gasteiger partial charge in [-0.25, -0.2) is 21.9 Å². The van der Waals surface area contributed by atoms with Crippen molar-refractivity contribution in [2.75, 3.05) is 19.7 Å². The highest BCUT2D eigenvalue weighted by molar-refractivity contribution is 7.89. The summed E-state index contributed by atoms with van der Waals surface area (Å²) in [7, 11) is -3.98. The third-order valence-electron chi connectivity index (χ3n) is 3.01. The van der Waals surface area contributed by atoms with Crippen LogP contribution < -0.4 is 15.2 Å². The van der Waals surface area contributed by atoms with Crippen LogP contribution in [0.1, 0.15) is 12.0 Å². The molecule has 1 aromatic carbocycles. The second-order valence-corrected chi connectivity index (χ2v) is 6.37. The second kappa shape index (κ2) is 6.87. The van der Waals surface area contributed by atoms with E-state index in [1.54, 1.807) is 6.07 Å². The summed E-state index contributed by atoms with van der Waals surface area (Å²) in [4.78, 5) is -0.0467. The Morgan fingerprint density at radius 3 is 2.76 bits per heavy atom. The highest BCUT2D eigenvalue weighted by Gasteiger charge is 2.29. The number of halogens is 3. The van der Waals surface area contributed by atoms with E-state index in [0.29, 0.717) is 18.8 Å². The van der Waals surface area contributed by atoms with Gasteiger partial charge < -0.3 is 10.5 Å². The normalized spacial score (nSPS) is 14.8. The van der Waals surface area contributed by atoms with Gasteiger partial charge in [0.25, 0.3) is 5.92 Å². The van der Waals surface area contributed by atoms with E-state index in [0.717, 1.165) is 12.0 Å². The number of sulfonamides is 1. The van der Waals surface area contributed by atoms with Gasteiger partial charge in [-0.3, -0.25) is 0 Å². The maximum atomic E-state index is 13.0. The summed E-state index contributed by atoms with van der Waals surface area (Å²) in [6.07, 6.45) is 1.51. The average Bonchev–Trinajstić information content (AvgIpc) is 2.45. The Kier molecular flexibility index (Phi) is 5.92. The van der Waals surface area contributed by atoms with Crippen molar-refractivity contribution in [3.8, 4) is 5.75 Å². The molecule has 0 fully saturated rings. The highest BCUT2D eigenvalue weighted by Crippen LogP contribution is 2.27. The van der Waals surface area contributed by atoms with Crippen molar-refractivity contribution in [1.82, 2.24) is 4.72 Å². The number of nitrogens with two attached hydrogens (primary N) is 1. The molecule has 1 aliphatic heterocycles. The largest absolute Gasteiger partial charge is 0.493 e. The first-order valence-electron chi connectivity index (χ1n) is 6.17. The first kappa shape index (κ1) is 18.1. The van der Waals surface area contributed by atoms with E-state index >= 15 is 0 Å². The Balaban J connectivity index is 0.00000220. The first-order valence-corrected chi connectivity index (χ1v) is 7.66. The van der Waals surface area contributed by atoms with E-state index in [4.69, 9.17) is 10.5 Å². The molecule has 0 bridgehead atoms. The van der Waals surface area contributed by atoms with E-state index in [9.17, 15) is 17.2 Å². The minimum Gasteiger partial charge on any atom is -0.493 e. The zero-order valence-electron chi connectivity index (χ0n) is 11.1. The monoisotopic (exact) mass is 342 g/mol. The molecule has 0 unspecified atom stereocenters. The van der Waals surface area contributed by atoms with Gasteiger partial charge in [-0.1, -0.05) is 0 Å². The topological polar surface area (TPSA) is 81.4 Å². The number of benzene rings is 1. The summed E-state index contributed by atoms with van der Waals surface area (Å²) in [6.45, 7) is -1.33. The fourth-order valence-corrected chi connectivity index (χ4v) is 2.97. The molecule has 0 saturated carbocycles. The quantitative estimate of drug-likeness (QED) is 0.845. The van der Waals surface area contributed by atoms with Gasteiger partial charge in [-0.05, 0) is 36.6 Å². The fourth-order valence-electron chi connectivity index (χ4n) is 1.86. The molecule has 0 saturated heterocycles. The number of hydrogen-bond donors (Lipinski definition) is 2. The van der Waals surface area contributed by atoms with E-state index in [2.05, 4.69) is 0 Å². The second-order valence-electron chi connectivity index (χ2n) is 4.61. The lowest BCUT2D eigenvalue weighted by atomic mass is 10.1. The van der Waals surface area contributed by atoms with Gasteiger partial charge in [-0.2, -0.15) is 0 Å². The number of alkyl halides is 2. The van der Waals surface area contributed by atoms with Gasteiger partial charge in [0, 0.05) is 0 Å².